The van der Waals surface area contributed by atoms with Crippen molar-refractivity contribution >= 4 is 0 Å². The Morgan fingerprint density at radius 2 is 1.53 bits per heavy atom. The smallest absolute Gasteiger partial charge is 0.0281 e. The highest BCUT2D eigenvalue weighted by molar-refractivity contribution is 4.87. The fourth-order valence-corrected chi connectivity index (χ4v) is 2.95. The van der Waals surface area contributed by atoms with Crippen LogP contribution in [-0.4, -0.2) is 61.2 Å². The standard InChI is InChI=1S/C16H35N3/c1-5-7-11-18(12-8-6-2)15-16(3,4)19-13-9-17-10-14-19/h17H,5-15H2,1-4H3. The van der Waals surface area contributed by atoms with Gasteiger partial charge >= 0.3 is 0 Å². The van der Waals surface area contributed by atoms with E-state index in [-0.39, 0.29) is 0 Å². The van der Waals surface area contributed by atoms with Crippen molar-refractivity contribution in [2.45, 2.75) is 58.9 Å². The molecule has 0 aliphatic carbocycles. The van der Waals surface area contributed by atoms with Crippen molar-refractivity contribution in [3.63, 3.8) is 0 Å². The highest BCUT2D eigenvalue weighted by Crippen LogP contribution is 2.17. The Bertz CT molecular complexity index is 214. The minimum atomic E-state index is 0.309. The molecule has 1 fully saturated rings. The molecule has 1 heterocycles. The molecule has 0 amide bonds. The third kappa shape index (κ3) is 6.24. The highest BCUT2D eigenvalue weighted by atomic mass is 15.3. The van der Waals surface area contributed by atoms with Crippen LogP contribution in [-0.2, 0) is 0 Å². The van der Waals surface area contributed by atoms with Crippen LogP contribution in [0.5, 0.6) is 0 Å². The summed E-state index contributed by atoms with van der Waals surface area (Å²) in [6, 6.07) is 0. The molecule has 0 aromatic rings. The highest BCUT2D eigenvalue weighted by Gasteiger charge is 2.29. The maximum atomic E-state index is 3.45. The molecule has 0 saturated carbocycles. The Morgan fingerprint density at radius 3 is 2.00 bits per heavy atom. The van der Waals surface area contributed by atoms with E-state index < -0.39 is 0 Å². The third-order valence-electron chi connectivity index (χ3n) is 4.24. The van der Waals surface area contributed by atoms with Gasteiger partial charge < -0.3 is 10.2 Å². The predicted molar refractivity (Wildman–Crippen MR) is 84.8 cm³/mol. The molecule has 1 N–H and O–H groups in total. The van der Waals surface area contributed by atoms with E-state index in [4.69, 9.17) is 0 Å². The molecule has 3 nitrogen and oxygen atoms in total. The van der Waals surface area contributed by atoms with Crippen LogP contribution in [0.4, 0.5) is 0 Å². The Balaban J connectivity index is 2.48. The molecule has 1 rings (SSSR count). The van der Waals surface area contributed by atoms with E-state index >= 15 is 0 Å². The van der Waals surface area contributed by atoms with E-state index in [1.165, 1.54) is 58.4 Å². The zero-order valence-corrected chi connectivity index (χ0v) is 13.7. The average Bonchev–Trinajstić information content (AvgIpc) is 2.42. The second-order valence-corrected chi connectivity index (χ2v) is 6.53. The number of nitrogens with zero attached hydrogens (tertiary/aromatic N) is 2. The lowest BCUT2D eigenvalue weighted by Gasteiger charge is -2.44. The molecule has 1 saturated heterocycles. The molecule has 0 aromatic heterocycles. The van der Waals surface area contributed by atoms with Crippen molar-refractivity contribution in [3.8, 4) is 0 Å². The lowest BCUT2D eigenvalue weighted by molar-refractivity contribution is 0.0620. The van der Waals surface area contributed by atoms with Crippen molar-refractivity contribution in [1.29, 1.82) is 0 Å². The molecule has 0 spiro atoms. The van der Waals surface area contributed by atoms with Crippen molar-refractivity contribution in [2.24, 2.45) is 0 Å². The Morgan fingerprint density at radius 1 is 1.00 bits per heavy atom. The van der Waals surface area contributed by atoms with Crippen molar-refractivity contribution < 1.29 is 0 Å². The summed E-state index contributed by atoms with van der Waals surface area (Å²) in [6.07, 6.45) is 5.27. The van der Waals surface area contributed by atoms with Gasteiger partial charge in [-0.15, -0.1) is 0 Å². The molecular weight excluding hydrogens is 234 g/mol. The first-order valence-corrected chi connectivity index (χ1v) is 8.28. The molecule has 3 heteroatoms. The lowest BCUT2D eigenvalue weighted by atomic mass is 10.00. The molecule has 19 heavy (non-hydrogen) atoms. The van der Waals surface area contributed by atoms with E-state index in [1.54, 1.807) is 0 Å². The largest absolute Gasteiger partial charge is 0.314 e. The summed E-state index contributed by atoms with van der Waals surface area (Å²) in [5, 5.41) is 3.45. The first-order valence-electron chi connectivity index (χ1n) is 8.28. The number of rotatable bonds is 9. The van der Waals surface area contributed by atoms with Gasteiger partial charge in [0.25, 0.3) is 0 Å². The van der Waals surface area contributed by atoms with E-state index in [2.05, 4.69) is 42.8 Å². The lowest BCUT2D eigenvalue weighted by Crippen LogP contribution is -2.57. The van der Waals surface area contributed by atoms with Gasteiger partial charge in [0.05, 0.1) is 0 Å². The van der Waals surface area contributed by atoms with E-state index in [0.29, 0.717) is 5.54 Å². The fraction of sp³-hybridized carbons (Fsp3) is 1.00. The summed E-state index contributed by atoms with van der Waals surface area (Å²) in [4.78, 5) is 5.35. The van der Waals surface area contributed by atoms with E-state index in [0.717, 1.165) is 13.1 Å². The van der Waals surface area contributed by atoms with Crippen LogP contribution >= 0.6 is 0 Å². The van der Waals surface area contributed by atoms with Gasteiger partial charge in [-0.3, -0.25) is 4.90 Å². The Hall–Kier alpha value is -0.120. The summed E-state index contributed by atoms with van der Waals surface area (Å²) >= 11 is 0. The molecule has 1 aliphatic rings. The van der Waals surface area contributed by atoms with Crippen LogP contribution in [0.1, 0.15) is 53.4 Å². The second kappa shape index (κ2) is 8.93. The summed E-state index contributed by atoms with van der Waals surface area (Å²) in [6.45, 7) is 17.9. The molecule has 1 aliphatic heterocycles. The third-order valence-corrected chi connectivity index (χ3v) is 4.24. The van der Waals surface area contributed by atoms with Gasteiger partial charge in [0.2, 0.25) is 0 Å². The molecular formula is C16H35N3. The number of nitrogens with one attached hydrogen (secondary N) is 1. The van der Waals surface area contributed by atoms with Crippen LogP contribution in [0.25, 0.3) is 0 Å². The van der Waals surface area contributed by atoms with Crippen molar-refractivity contribution in [3.05, 3.63) is 0 Å². The summed E-state index contributed by atoms with van der Waals surface area (Å²) in [7, 11) is 0. The van der Waals surface area contributed by atoms with E-state index in [1.807, 2.05) is 0 Å². The second-order valence-electron chi connectivity index (χ2n) is 6.53. The van der Waals surface area contributed by atoms with Gasteiger partial charge in [-0.25, -0.2) is 0 Å². The minimum Gasteiger partial charge on any atom is -0.314 e. The quantitative estimate of drug-likeness (QED) is 0.694. The number of piperazine rings is 1. The first-order chi connectivity index (χ1) is 9.10. The van der Waals surface area contributed by atoms with Gasteiger partial charge in [-0.05, 0) is 39.8 Å². The average molecular weight is 269 g/mol. The molecule has 0 aromatic carbocycles. The van der Waals surface area contributed by atoms with Gasteiger partial charge in [-0.1, -0.05) is 26.7 Å². The van der Waals surface area contributed by atoms with Gasteiger partial charge in [0.1, 0.15) is 0 Å². The van der Waals surface area contributed by atoms with Crippen LogP contribution in [0.2, 0.25) is 0 Å². The minimum absolute atomic E-state index is 0.309. The zero-order valence-electron chi connectivity index (χ0n) is 13.7. The topological polar surface area (TPSA) is 18.5 Å². The molecule has 0 atom stereocenters. The predicted octanol–water partition coefficient (Wildman–Crippen LogP) is 2.57. The molecule has 0 radical (unpaired) electrons. The van der Waals surface area contributed by atoms with Crippen LogP contribution in [0.15, 0.2) is 0 Å². The van der Waals surface area contributed by atoms with Gasteiger partial charge in [-0.2, -0.15) is 0 Å². The number of unbranched alkanes of at least 4 members (excludes halogenated alkanes) is 2. The summed E-state index contributed by atoms with van der Waals surface area (Å²) in [5.74, 6) is 0. The van der Waals surface area contributed by atoms with Crippen LogP contribution in [0.3, 0.4) is 0 Å². The monoisotopic (exact) mass is 269 g/mol. The Labute approximate surface area is 120 Å². The molecule has 0 unspecified atom stereocenters. The number of hydrogen-bond donors (Lipinski definition) is 1. The normalized spacial score (nSPS) is 18.2. The SMILES string of the molecule is CCCCN(CCCC)CC(C)(C)N1CCNCC1. The van der Waals surface area contributed by atoms with E-state index in [9.17, 15) is 0 Å². The summed E-state index contributed by atoms with van der Waals surface area (Å²) in [5.41, 5.74) is 0.309. The Kier molecular flexibility index (Phi) is 7.96. The van der Waals surface area contributed by atoms with Crippen molar-refractivity contribution in [2.75, 3.05) is 45.8 Å². The molecule has 114 valence electrons. The summed E-state index contributed by atoms with van der Waals surface area (Å²) < 4.78 is 0. The van der Waals surface area contributed by atoms with Crippen LogP contribution < -0.4 is 5.32 Å². The first kappa shape index (κ1) is 16.9. The van der Waals surface area contributed by atoms with Crippen LogP contribution in [0, 0.1) is 0 Å². The maximum Gasteiger partial charge on any atom is 0.0281 e. The van der Waals surface area contributed by atoms with Crippen molar-refractivity contribution in [1.82, 2.24) is 15.1 Å². The number of hydrogen-bond acceptors (Lipinski definition) is 3. The van der Waals surface area contributed by atoms with Gasteiger partial charge in [0, 0.05) is 38.3 Å². The van der Waals surface area contributed by atoms with Gasteiger partial charge in [0.15, 0.2) is 0 Å². The molecule has 0 bridgehead atoms. The zero-order chi connectivity index (χ0) is 14.1. The fourth-order valence-electron chi connectivity index (χ4n) is 2.95. The maximum absolute atomic E-state index is 3.45.